The molecule has 0 aliphatic heterocycles. The van der Waals surface area contributed by atoms with E-state index in [9.17, 15) is 4.79 Å². The van der Waals surface area contributed by atoms with E-state index in [-0.39, 0.29) is 17.1 Å². The van der Waals surface area contributed by atoms with Gasteiger partial charge in [0.1, 0.15) is 5.15 Å². The highest BCUT2D eigenvalue weighted by Gasteiger charge is 2.14. The van der Waals surface area contributed by atoms with Gasteiger partial charge in [0.2, 0.25) is 0 Å². The molecule has 0 aliphatic rings. The number of aromatic nitrogens is 2. The summed E-state index contributed by atoms with van der Waals surface area (Å²) in [7, 11) is 0. The first-order valence-corrected chi connectivity index (χ1v) is 5.87. The van der Waals surface area contributed by atoms with Crippen LogP contribution in [0.4, 0.5) is 0 Å². The summed E-state index contributed by atoms with van der Waals surface area (Å²) in [4.78, 5) is 19.9. The Kier molecular flexibility index (Phi) is 3.89. The predicted octanol–water partition coefficient (Wildman–Crippen LogP) is 2.62. The van der Waals surface area contributed by atoms with Crippen LogP contribution in [0.1, 0.15) is 28.9 Å². The summed E-state index contributed by atoms with van der Waals surface area (Å²) < 4.78 is 0. The van der Waals surface area contributed by atoms with Gasteiger partial charge in [-0.1, -0.05) is 17.7 Å². The molecule has 0 saturated heterocycles. The molecule has 0 radical (unpaired) electrons. The quantitative estimate of drug-likeness (QED) is 0.864. The van der Waals surface area contributed by atoms with Crippen LogP contribution in [0.2, 0.25) is 5.15 Å². The van der Waals surface area contributed by atoms with Crippen molar-refractivity contribution in [3.8, 4) is 0 Å². The number of pyridine rings is 2. The van der Waals surface area contributed by atoms with Crippen molar-refractivity contribution < 1.29 is 4.79 Å². The number of halogens is 1. The first-order chi connectivity index (χ1) is 8.68. The fraction of sp³-hybridized carbons (Fsp3) is 0.154. The molecule has 2 aromatic rings. The lowest BCUT2D eigenvalue weighted by atomic mass is 10.1. The van der Waals surface area contributed by atoms with Gasteiger partial charge in [0.05, 0.1) is 11.6 Å². The van der Waals surface area contributed by atoms with Gasteiger partial charge in [0.25, 0.3) is 5.91 Å². The number of nitrogens with zero attached hydrogens (tertiary/aromatic N) is 2. The van der Waals surface area contributed by atoms with Gasteiger partial charge in [-0.15, -0.1) is 0 Å². The Morgan fingerprint density at radius 3 is 2.78 bits per heavy atom. The third-order valence-electron chi connectivity index (χ3n) is 2.54. The van der Waals surface area contributed by atoms with Crippen LogP contribution in [0.5, 0.6) is 0 Å². The second kappa shape index (κ2) is 5.60. The summed E-state index contributed by atoms with van der Waals surface area (Å²) >= 11 is 5.86. The van der Waals surface area contributed by atoms with Gasteiger partial charge in [-0.25, -0.2) is 4.98 Å². The zero-order valence-corrected chi connectivity index (χ0v) is 10.6. The Bertz CT molecular complexity index is 545. The zero-order chi connectivity index (χ0) is 13.0. The Balaban J connectivity index is 2.11. The molecule has 0 aliphatic carbocycles. The lowest BCUT2D eigenvalue weighted by Gasteiger charge is -2.14. The van der Waals surface area contributed by atoms with Crippen LogP contribution < -0.4 is 5.32 Å². The van der Waals surface area contributed by atoms with E-state index in [4.69, 9.17) is 11.6 Å². The van der Waals surface area contributed by atoms with Gasteiger partial charge >= 0.3 is 0 Å². The van der Waals surface area contributed by atoms with Gasteiger partial charge in [-0.2, -0.15) is 0 Å². The van der Waals surface area contributed by atoms with Crippen LogP contribution in [-0.4, -0.2) is 15.9 Å². The molecular weight excluding hydrogens is 250 g/mol. The molecule has 0 spiro atoms. The summed E-state index contributed by atoms with van der Waals surface area (Å²) in [6.07, 6.45) is 4.95. The molecule has 1 unspecified atom stereocenters. The lowest BCUT2D eigenvalue weighted by Crippen LogP contribution is -2.27. The maximum Gasteiger partial charge on any atom is 0.254 e. The average molecular weight is 262 g/mol. The number of hydrogen-bond acceptors (Lipinski definition) is 3. The molecule has 1 atom stereocenters. The molecule has 18 heavy (non-hydrogen) atoms. The number of nitrogens with one attached hydrogen (secondary N) is 1. The molecule has 4 nitrogen and oxygen atoms in total. The van der Waals surface area contributed by atoms with Crippen molar-refractivity contribution in [2.24, 2.45) is 0 Å². The SMILES string of the molecule is CC(NC(=O)c1cccnc1Cl)c1cccnc1. The number of hydrogen-bond donors (Lipinski definition) is 1. The number of amides is 1. The third kappa shape index (κ3) is 2.84. The summed E-state index contributed by atoms with van der Waals surface area (Å²) in [6.45, 7) is 1.89. The molecule has 0 saturated carbocycles. The van der Waals surface area contributed by atoms with Crippen molar-refractivity contribution in [1.82, 2.24) is 15.3 Å². The van der Waals surface area contributed by atoms with Gasteiger partial charge in [0, 0.05) is 18.6 Å². The Hall–Kier alpha value is -1.94. The van der Waals surface area contributed by atoms with E-state index in [0.717, 1.165) is 5.56 Å². The molecular formula is C13H12ClN3O. The van der Waals surface area contributed by atoms with Crippen LogP contribution in [0.25, 0.3) is 0 Å². The first kappa shape index (κ1) is 12.5. The normalized spacial score (nSPS) is 11.9. The monoisotopic (exact) mass is 261 g/mol. The second-order valence-corrected chi connectivity index (χ2v) is 4.18. The van der Waals surface area contributed by atoms with E-state index < -0.39 is 0 Å². The second-order valence-electron chi connectivity index (χ2n) is 3.82. The first-order valence-electron chi connectivity index (χ1n) is 5.50. The molecule has 0 aromatic carbocycles. The minimum absolute atomic E-state index is 0.137. The summed E-state index contributed by atoms with van der Waals surface area (Å²) in [5, 5.41) is 3.05. The molecule has 5 heteroatoms. The zero-order valence-electron chi connectivity index (χ0n) is 9.80. The van der Waals surface area contributed by atoms with E-state index in [0.29, 0.717) is 5.56 Å². The highest BCUT2D eigenvalue weighted by atomic mass is 35.5. The summed E-state index contributed by atoms with van der Waals surface area (Å²) in [5.74, 6) is -0.246. The fourth-order valence-corrected chi connectivity index (χ4v) is 1.75. The lowest BCUT2D eigenvalue weighted by molar-refractivity contribution is 0.0939. The predicted molar refractivity (Wildman–Crippen MR) is 69.4 cm³/mol. The summed E-state index contributed by atoms with van der Waals surface area (Å²) in [5.41, 5.74) is 1.31. The molecule has 2 heterocycles. The van der Waals surface area contributed by atoms with Crippen LogP contribution in [-0.2, 0) is 0 Å². The van der Waals surface area contributed by atoms with Crippen LogP contribution in [0.15, 0.2) is 42.9 Å². The molecule has 92 valence electrons. The molecule has 2 rings (SSSR count). The number of carbonyl (C=O) groups excluding carboxylic acids is 1. The maximum absolute atomic E-state index is 12.0. The van der Waals surface area contributed by atoms with E-state index in [2.05, 4.69) is 15.3 Å². The van der Waals surface area contributed by atoms with E-state index in [1.807, 2.05) is 19.1 Å². The van der Waals surface area contributed by atoms with Crippen molar-refractivity contribution in [3.63, 3.8) is 0 Å². The minimum atomic E-state index is -0.246. The molecule has 2 aromatic heterocycles. The van der Waals surface area contributed by atoms with Crippen LogP contribution in [0, 0.1) is 0 Å². The Labute approximate surface area is 110 Å². The van der Waals surface area contributed by atoms with E-state index >= 15 is 0 Å². The van der Waals surface area contributed by atoms with Crippen molar-refractivity contribution in [2.45, 2.75) is 13.0 Å². The van der Waals surface area contributed by atoms with Crippen molar-refractivity contribution in [1.29, 1.82) is 0 Å². The van der Waals surface area contributed by atoms with Gasteiger partial charge < -0.3 is 5.32 Å². The topological polar surface area (TPSA) is 54.9 Å². The standard InChI is InChI=1S/C13H12ClN3O/c1-9(10-4-2-6-15-8-10)17-13(18)11-5-3-7-16-12(11)14/h2-9H,1H3,(H,17,18). The van der Waals surface area contributed by atoms with Gasteiger partial charge in [-0.05, 0) is 30.7 Å². The molecule has 1 N–H and O–H groups in total. The van der Waals surface area contributed by atoms with Crippen LogP contribution >= 0.6 is 11.6 Å². The molecule has 0 bridgehead atoms. The largest absolute Gasteiger partial charge is 0.345 e. The Morgan fingerprint density at radius 1 is 1.33 bits per heavy atom. The third-order valence-corrected chi connectivity index (χ3v) is 2.84. The number of rotatable bonds is 3. The van der Waals surface area contributed by atoms with Crippen molar-refractivity contribution in [3.05, 3.63) is 59.1 Å². The molecule has 1 amide bonds. The van der Waals surface area contributed by atoms with Crippen molar-refractivity contribution >= 4 is 17.5 Å². The summed E-state index contributed by atoms with van der Waals surface area (Å²) in [6, 6.07) is 6.91. The Morgan fingerprint density at radius 2 is 2.11 bits per heavy atom. The fourth-order valence-electron chi connectivity index (χ4n) is 1.55. The van der Waals surface area contributed by atoms with E-state index in [1.54, 1.807) is 30.7 Å². The van der Waals surface area contributed by atoms with Gasteiger partial charge in [0.15, 0.2) is 0 Å². The van der Waals surface area contributed by atoms with Crippen LogP contribution in [0.3, 0.4) is 0 Å². The van der Waals surface area contributed by atoms with Gasteiger partial charge in [-0.3, -0.25) is 9.78 Å². The smallest absolute Gasteiger partial charge is 0.254 e. The highest BCUT2D eigenvalue weighted by molar-refractivity contribution is 6.32. The minimum Gasteiger partial charge on any atom is -0.345 e. The maximum atomic E-state index is 12.0. The number of carbonyl (C=O) groups is 1. The van der Waals surface area contributed by atoms with Crippen molar-refractivity contribution in [2.75, 3.05) is 0 Å². The molecule has 0 fully saturated rings. The highest BCUT2D eigenvalue weighted by Crippen LogP contribution is 2.15. The average Bonchev–Trinajstić information content (AvgIpc) is 2.40. The van der Waals surface area contributed by atoms with E-state index in [1.165, 1.54) is 0 Å².